The Morgan fingerprint density at radius 2 is 2.19 bits per heavy atom. The Morgan fingerprint density at radius 3 is 2.97 bits per heavy atom. The summed E-state index contributed by atoms with van der Waals surface area (Å²) in [5.74, 6) is -0.484. The van der Waals surface area contributed by atoms with Crippen LogP contribution < -0.4 is 16.0 Å². The van der Waals surface area contributed by atoms with Crippen molar-refractivity contribution in [1.29, 1.82) is 0 Å². The summed E-state index contributed by atoms with van der Waals surface area (Å²) in [5.41, 5.74) is 2.76. The smallest absolute Gasteiger partial charge is 0.340 e. The molecule has 2 aliphatic heterocycles. The van der Waals surface area contributed by atoms with Gasteiger partial charge in [-0.25, -0.2) is 9.78 Å². The third-order valence-electron chi connectivity index (χ3n) is 5.22. The minimum Gasteiger partial charge on any atom is -0.478 e. The molecule has 2 aromatic heterocycles. The predicted molar refractivity (Wildman–Crippen MR) is 120 cm³/mol. The minimum absolute atomic E-state index is 0.0488. The van der Waals surface area contributed by atoms with Crippen molar-refractivity contribution in [3.05, 3.63) is 39.5 Å². The number of thiophene rings is 1. The van der Waals surface area contributed by atoms with Crippen LogP contribution >= 0.6 is 22.9 Å². The Morgan fingerprint density at radius 1 is 1.35 bits per heavy atom. The molecule has 0 saturated heterocycles. The molecule has 1 aromatic carbocycles. The maximum absolute atomic E-state index is 12.6. The van der Waals surface area contributed by atoms with E-state index in [2.05, 4.69) is 30.9 Å². The first-order valence-corrected chi connectivity index (χ1v) is 10.8. The Bertz CT molecular complexity index is 1290. The van der Waals surface area contributed by atoms with Gasteiger partial charge >= 0.3 is 5.97 Å². The molecule has 9 nitrogen and oxygen atoms in total. The predicted octanol–water partition coefficient (Wildman–Crippen LogP) is 3.68. The molecule has 0 bridgehead atoms. The lowest BCUT2D eigenvalue weighted by molar-refractivity contribution is 0.0696. The van der Waals surface area contributed by atoms with Crippen LogP contribution in [0.4, 0.5) is 17.3 Å². The number of amides is 1. The molecule has 5 rings (SSSR count). The lowest BCUT2D eigenvalue weighted by Gasteiger charge is -2.21. The van der Waals surface area contributed by atoms with Crippen LogP contribution in [0.5, 0.6) is 0 Å². The van der Waals surface area contributed by atoms with Gasteiger partial charge in [-0.1, -0.05) is 11.6 Å². The first-order valence-electron chi connectivity index (χ1n) is 9.64. The number of carboxylic acids is 1. The molecule has 11 heteroatoms. The second-order valence-corrected chi connectivity index (χ2v) is 8.80. The number of nitrogens with one attached hydrogen (secondary N) is 3. The van der Waals surface area contributed by atoms with E-state index in [0.29, 0.717) is 23.7 Å². The lowest BCUT2D eigenvalue weighted by Crippen LogP contribution is -2.34. The van der Waals surface area contributed by atoms with E-state index in [-0.39, 0.29) is 28.6 Å². The van der Waals surface area contributed by atoms with E-state index in [9.17, 15) is 9.59 Å². The number of anilines is 2. The van der Waals surface area contributed by atoms with Gasteiger partial charge in [0.15, 0.2) is 0 Å². The van der Waals surface area contributed by atoms with Crippen molar-refractivity contribution in [2.75, 3.05) is 17.2 Å². The quantitative estimate of drug-likeness (QED) is 0.433. The minimum atomic E-state index is -1.19. The van der Waals surface area contributed by atoms with Crippen molar-refractivity contribution in [3.8, 4) is 0 Å². The van der Waals surface area contributed by atoms with Crippen LogP contribution in [-0.2, 0) is 6.42 Å². The Hall–Kier alpha value is -3.24. The lowest BCUT2D eigenvalue weighted by atomic mass is 9.98. The van der Waals surface area contributed by atoms with E-state index >= 15 is 0 Å². The van der Waals surface area contributed by atoms with Gasteiger partial charge in [0, 0.05) is 41.0 Å². The molecule has 1 atom stereocenters. The highest BCUT2D eigenvalue weighted by Crippen LogP contribution is 2.43. The van der Waals surface area contributed by atoms with Gasteiger partial charge in [-0.05, 0) is 31.0 Å². The summed E-state index contributed by atoms with van der Waals surface area (Å²) in [6.07, 6.45) is 2.48. The zero-order valence-corrected chi connectivity index (χ0v) is 17.9. The monoisotopic (exact) mass is 456 g/mol. The topological polar surface area (TPSA) is 129 Å². The number of nitrogens with zero attached hydrogens (tertiary/aromatic N) is 3. The van der Waals surface area contributed by atoms with Crippen molar-refractivity contribution in [3.63, 3.8) is 0 Å². The van der Waals surface area contributed by atoms with Crippen molar-refractivity contribution in [2.24, 2.45) is 4.99 Å². The molecule has 2 aliphatic rings. The molecule has 1 amide bonds. The number of hydrogen-bond acceptors (Lipinski definition) is 7. The summed E-state index contributed by atoms with van der Waals surface area (Å²) in [7, 11) is 0. The number of aliphatic imine (C=N–C) groups is 1. The Balaban J connectivity index is 1.50. The summed E-state index contributed by atoms with van der Waals surface area (Å²) < 4.78 is 1.06. The van der Waals surface area contributed by atoms with Crippen LogP contribution in [-0.4, -0.2) is 45.4 Å². The van der Waals surface area contributed by atoms with Crippen molar-refractivity contribution < 1.29 is 14.7 Å². The Labute approximate surface area is 185 Å². The van der Waals surface area contributed by atoms with Gasteiger partial charge in [0.25, 0.3) is 11.9 Å². The van der Waals surface area contributed by atoms with E-state index in [4.69, 9.17) is 16.7 Å². The summed E-state index contributed by atoms with van der Waals surface area (Å²) in [6, 6.07) is 4.03. The standard InChI is InChI=1S/C20H17ClN6O3S/c1-8-6-22-15-14-9-2-5-13(26-20-23-7-10(19(29)30)17(21)27-20)25-11(9)3-4-12(14)31-16(15)18(28)24-8/h3-4,7-8,22H,2,5-6H2,1H3,(H,24,28)(H,29,30)(H,23,25,26,27). The van der Waals surface area contributed by atoms with E-state index in [1.807, 2.05) is 19.1 Å². The summed E-state index contributed by atoms with van der Waals surface area (Å²) in [4.78, 5) is 36.7. The van der Waals surface area contributed by atoms with E-state index in [1.54, 1.807) is 0 Å². The van der Waals surface area contributed by atoms with Gasteiger partial charge < -0.3 is 21.1 Å². The molecule has 0 fully saturated rings. The molecule has 0 aliphatic carbocycles. The van der Waals surface area contributed by atoms with Crippen molar-refractivity contribution >= 4 is 68.1 Å². The van der Waals surface area contributed by atoms with Crippen LogP contribution in [0.15, 0.2) is 23.3 Å². The number of amidine groups is 1. The number of rotatable bonds is 2. The maximum atomic E-state index is 12.6. The number of aromatic carboxylic acids is 1. The molecule has 4 N–H and O–H groups in total. The molecule has 0 spiro atoms. The number of benzene rings is 1. The maximum Gasteiger partial charge on any atom is 0.340 e. The fourth-order valence-electron chi connectivity index (χ4n) is 3.78. The van der Waals surface area contributed by atoms with Crippen LogP contribution in [0.1, 0.15) is 38.9 Å². The van der Waals surface area contributed by atoms with Gasteiger partial charge in [0.2, 0.25) is 0 Å². The van der Waals surface area contributed by atoms with Crippen LogP contribution in [0.3, 0.4) is 0 Å². The first kappa shape index (κ1) is 19.7. The molecule has 31 heavy (non-hydrogen) atoms. The third-order valence-corrected chi connectivity index (χ3v) is 6.66. The molecule has 158 valence electrons. The molecular formula is C20H17ClN6O3S. The highest BCUT2D eigenvalue weighted by atomic mass is 35.5. The van der Waals surface area contributed by atoms with Crippen LogP contribution in [0.25, 0.3) is 10.1 Å². The summed E-state index contributed by atoms with van der Waals surface area (Å²) in [5, 5.41) is 19.7. The number of fused-ring (bicyclic) bond motifs is 5. The van der Waals surface area contributed by atoms with E-state index in [1.165, 1.54) is 11.3 Å². The average Bonchev–Trinajstić information content (AvgIpc) is 3.04. The molecule has 1 unspecified atom stereocenters. The summed E-state index contributed by atoms with van der Waals surface area (Å²) in [6.45, 7) is 2.64. The fourth-order valence-corrected chi connectivity index (χ4v) is 5.09. The second kappa shape index (κ2) is 7.47. The third kappa shape index (κ3) is 3.47. The normalized spacial score (nSPS) is 19.1. The number of aryl methyl sites for hydroxylation is 1. The van der Waals surface area contributed by atoms with Gasteiger partial charge in [-0.2, -0.15) is 9.98 Å². The summed E-state index contributed by atoms with van der Waals surface area (Å²) >= 11 is 7.41. The van der Waals surface area contributed by atoms with Gasteiger partial charge in [0.05, 0.1) is 5.69 Å². The fraction of sp³-hybridized carbons (Fsp3) is 0.250. The number of halogens is 1. The van der Waals surface area contributed by atoms with E-state index in [0.717, 1.165) is 39.6 Å². The average molecular weight is 457 g/mol. The van der Waals surface area contributed by atoms with E-state index < -0.39 is 5.97 Å². The molecule has 3 aromatic rings. The number of aromatic nitrogens is 2. The largest absolute Gasteiger partial charge is 0.478 e. The van der Waals surface area contributed by atoms with Crippen molar-refractivity contribution in [1.82, 2.24) is 15.3 Å². The van der Waals surface area contributed by atoms with Gasteiger partial charge in [-0.15, -0.1) is 11.3 Å². The van der Waals surface area contributed by atoms with Crippen molar-refractivity contribution in [2.45, 2.75) is 25.8 Å². The molecule has 4 heterocycles. The Kier molecular flexibility index (Phi) is 4.75. The molecule has 0 saturated carbocycles. The number of carbonyl (C=O) groups excluding carboxylic acids is 1. The zero-order chi connectivity index (χ0) is 21.7. The highest BCUT2D eigenvalue weighted by molar-refractivity contribution is 7.21. The number of carbonyl (C=O) groups is 2. The first-order chi connectivity index (χ1) is 14.9. The zero-order valence-electron chi connectivity index (χ0n) is 16.3. The van der Waals surface area contributed by atoms with Crippen LogP contribution in [0.2, 0.25) is 5.15 Å². The van der Waals surface area contributed by atoms with Gasteiger partial charge in [0.1, 0.15) is 21.4 Å². The highest BCUT2D eigenvalue weighted by Gasteiger charge is 2.27. The number of hydrogen-bond donors (Lipinski definition) is 4. The molecule has 0 radical (unpaired) electrons. The SMILES string of the molecule is CC1CNc2c(sc3ccc4c(c23)CCC(=Nc2ncc(C(=O)O)c(Cl)n2)N4)C(=O)N1. The second-order valence-electron chi connectivity index (χ2n) is 7.39. The van der Waals surface area contributed by atoms with Crippen LogP contribution in [0, 0.1) is 0 Å². The molecular weight excluding hydrogens is 440 g/mol. The van der Waals surface area contributed by atoms with Gasteiger partial charge in [-0.3, -0.25) is 4.79 Å². The number of carboxylic acid groups (broad SMARTS) is 1.